The summed E-state index contributed by atoms with van der Waals surface area (Å²) in [5.41, 5.74) is -0.556. The summed E-state index contributed by atoms with van der Waals surface area (Å²) in [6, 6.07) is 0. The Hall–Kier alpha value is 0.270. The topological polar surface area (TPSA) is 33.1 Å². The van der Waals surface area contributed by atoms with Crippen molar-refractivity contribution in [2.45, 2.75) is 6.43 Å². The Morgan fingerprint density at radius 2 is 2.00 bits per heavy atom. The minimum absolute atomic E-state index is 0.415. The summed E-state index contributed by atoms with van der Waals surface area (Å²) in [5, 5.41) is 9.19. The van der Waals surface area contributed by atoms with Crippen molar-refractivity contribution in [2.75, 3.05) is 0 Å². The number of halogens is 4. The van der Waals surface area contributed by atoms with Crippen LogP contribution >= 0.6 is 45.2 Å². The second kappa shape index (κ2) is 3.99. The fourth-order valence-corrected chi connectivity index (χ4v) is 1.44. The summed E-state index contributed by atoms with van der Waals surface area (Å²) in [6.45, 7) is 0. The van der Waals surface area contributed by atoms with Gasteiger partial charge in [-0.05, 0) is 45.2 Å². The van der Waals surface area contributed by atoms with E-state index in [0.29, 0.717) is 7.14 Å². The van der Waals surface area contributed by atoms with Crippen molar-refractivity contribution in [2.24, 2.45) is 0 Å². The summed E-state index contributed by atoms with van der Waals surface area (Å²) in [5.74, 6) is -0.419. The van der Waals surface area contributed by atoms with E-state index in [4.69, 9.17) is 0 Å². The number of nitrogens with zero attached hydrogens (tertiary/aromatic N) is 1. The summed E-state index contributed by atoms with van der Waals surface area (Å²) in [4.78, 5) is 3.43. The van der Waals surface area contributed by atoms with Gasteiger partial charge in [0.25, 0.3) is 6.43 Å². The second-order valence-corrected chi connectivity index (χ2v) is 4.20. The van der Waals surface area contributed by atoms with Gasteiger partial charge in [0.15, 0.2) is 5.75 Å². The van der Waals surface area contributed by atoms with E-state index < -0.39 is 17.9 Å². The Labute approximate surface area is 94.7 Å². The number of hydrogen-bond donors (Lipinski definition) is 1. The number of alkyl halides is 2. The van der Waals surface area contributed by atoms with Crippen molar-refractivity contribution in [3.05, 3.63) is 19.0 Å². The molecule has 0 saturated carbocycles. The molecule has 6 heteroatoms. The predicted molar refractivity (Wildman–Crippen MR) is 56.3 cm³/mol. The van der Waals surface area contributed by atoms with Gasteiger partial charge in [0.2, 0.25) is 0 Å². The van der Waals surface area contributed by atoms with Crippen LogP contribution in [0.1, 0.15) is 12.1 Å². The third-order valence-corrected chi connectivity index (χ3v) is 4.13. The van der Waals surface area contributed by atoms with Gasteiger partial charge >= 0.3 is 0 Å². The fraction of sp³-hybridized carbons (Fsp3) is 0.167. The smallest absolute Gasteiger partial charge is 0.284 e. The average Bonchev–Trinajstić information content (AvgIpc) is 2.00. The maximum absolute atomic E-state index is 12.1. The van der Waals surface area contributed by atoms with E-state index in [1.54, 1.807) is 22.6 Å². The number of hydrogen-bond acceptors (Lipinski definition) is 2. The highest BCUT2D eigenvalue weighted by Gasteiger charge is 2.17. The highest BCUT2D eigenvalue weighted by atomic mass is 127. The third-order valence-electron chi connectivity index (χ3n) is 1.18. The zero-order chi connectivity index (χ0) is 9.30. The molecule has 0 aliphatic carbocycles. The van der Waals surface area contributed by atoms with Gasteiger partial charge in [0, 0.05) is 9.77 Å². The zero-order valence-electron chi connectivity index (χ0n) is 5.56. The van der Waals surface area contributed by atoms with Gasteiger partial charge in [0.1, 0.15) is 5.69 Å². The molecule has 0 atom stereocenters. The number of aromatic nitrogens is 1. The highest BCUT2D eigenvalue weighted by Crippen LogP contribution is 2.32. The lowest BCUT2D eigenvalue weighted by atomic mass is 10.3. The molecule has 0 fully saturated rings. The van der Waals surface area contributed by atoms with E-state index in [9.17, 15) is 13.9 Å². The number of aromatic hydroxyl groups is 1. The van der Waals surface area contributed by atoms with Crippen molar-refractivity contribution < 1.29 is 13.9 Å². The standard InChI is InChI=1S/C6H3F2I2NO/c7-6(8)4-5(12)3(10)2(9)1-11-4/h1,6,12H. The molecule has 0 radical (unpaired) electrons. The van der Waals surface area contributed by atoms with E-state index in [2.05, 4.69) is 4.98 Å². The molecule has 1 aromatic heterocycles. The molecule has 0 aliphatic heterocycles. The van der Waals surface area contributed by atoms with Crippen LogP contribution in [0.2, 0.25) is 0 Å². The van der Waals surface area contributed by atoms with Gasteiger partial charge in [-0.1, -0.05) is 0 Å². The second-order valence-electron chi connectivity index (χ2n) is 1.95. The van der Waals surface area contributed by atoms with E-state index in [0.717, 1.165) is 0 Å². The van der Waals surface area contributed by atoms with Crippen LogP contribution in [-0.4, -0.2) is 10.1 Å². The van der Waals surface area contributed by atoms with Gasteiger partial charge in [-0.25, -0.2) is 8.78 Å². The van der Waals surface area contributed by atoms with E-state index in [-0.39, 0.29) is 0 Å². The minimum atomic E-state index is -2.73. The molecule has 1 N–H and O–H groups in total. The lowest BCUT2D eigenvalue weighted by Gasteiger charge is -2.04. The monoisotopic (exact) mass is 397 g/mol. The van der Waals surface area contributed by atoms with Crippen LogP contribution in [0.5, 0.6) is 5.75 Å². The van der Waals surface area contributed by atoms with Crippen LogP contribution in [0.15, 0.2) is 6.20 Å². The van der Waals surface area contributed by atoms with Crippen LogP contribution in [-0.2, 0) is 0 Å². The van der Waals surface area contributed by atoms with Gasteiger partial charge in [-0.15, -0.1) is 0 Å². The molecule has 0 bridgehead atoms. The molecule has 0 unspecified atom stereocenters. The first kappa shape index (κ1) is 10.4. The third kappa shape index (κ3) is 1.95. The molecule has 2 nitrogen and oxygen atoms in total. The molecule has 0 spiro atoms. The van der Waals surface area contributed by atoms with Crippen LogP contribution < -0.4 is 0 Å². The van der Waals surface area contributed by atoms with Crippen molar-refractivity contribution in [3.8, 4) is 5.75 Å². The lowest BCUT2D eigenvalue weighted by Crippen LogP contribution is -1.94. The van der Waals surface area contributed by atoms with Gasteiger partial charge < -0.3 is 5.11 Å². The Bertz CT molecular complexity index is 306. The number of pyridine rings is 1. The predicted octanol–water partition coefficient (Wildman–Crippen LogP) is 2.93. The summed E-state index contributed by atoms with van der Waals surface area (Å²) in [7, 11) is 0. The molecule has 0 amide bonds. The summed E-state index contributed by atoms with van der Waals surface area (Å²) in [6.07, 6.45) is -1.42. The summed E-state index contributed by atoms with van der Waals surface area (Å²) >= 11 is 3.71. The Morgan fingerprint density at radius 3 is 2.50 bits per heavy atom. The molecule has 1 heterocycles. The molecular formula is C6H3F2I2NO. The first-order valence-corrected chi connectivity index (χ1v) is 5.00. The molecule has 1 rings (SSSR count). The van der Waals surface area contributed by atoms with E-state index in [1.807, 2.05) is 22.6 Å². The quantitative estimate of drug-likeness (QED) is 0.740. The molecule has 0 aliphatic rings. The first-order chi connectivity index (χ1) is 5.54. The van der Waals surface area contributed by atoms with E-state index >= 15 is 0 Å². The zero-order valence-corrected chi connectivity index (χ0v) is 9.88. The molecular weight excluding hydrogens is 394 g/mol. The van der Waals surface area contributed by atoms with E-state index in [1.165, 1.54) is 6.20 Å². The van der Waals surface area contributed by atoms with Crippen LogP contribution in [0.3, 0.4) is 0 Å². The minimum Gasteiger partial charge on any atom is -0.505 e. The maximum atomic E-state index is 12.1. The fourth-order valence-electron chi connectivity index (χ4n) is 0.629. The van der Waals surface area contributed by atoms with Crippen molar-refractivity contribution in [1.82, 2.24) is 4.98 Å². The van der Waals surface area contributed by atoms with Crippen LogP contribution in [0.4, 0.5) is 8.78 Å². The first-order valence-electron chi connectivity index (χ1n) is 2.85. The van der Waals surface area contributed by atoms with Crippen LogP contribution in [0.25, 0.3) is 0 Å². The van der Waals surface area contributed by atoms with Crippen molar-refractivity contribution in [3.63, 3.8) is 0 Å². The number of rotatable bonds is 1. The summed E-state index contributed by atoms with van der Waals surface area (Å²) < 4.78 is 25.3. The largest absolute Gasteiger partial charge is 0.505 e. The van der Waals surface area contributed by atoms with Gasteiger partial charge in [-0.2, -0.15) is 0 Å². The van der Waals surface area contributed by atoms with Crippen molar-refractivity contribution in [1.29, 1.82) is 0 Å². The molecule has 66 valence electrons. The average molecular weight is 397 g/mol. The van der Waals surface area contributed by atoms with Gasteiger partial charge in [0.05, 0.1) is 3.57 Å². The van der Waals surface area contributed by atoms with Crippen LogP contribution in [0, 0.1) is 7.14 Å². The maximum Gasteiger partial charge on any atom is 0.284 e. The molecule has 1 aromatic rings. The molecule has 0 saturated heterocycles. The molecule has 12 heavy (non-hydrogen) atoms. The molecule has 0 aromatic carbocycles. The van der Waals surface area contributed by atoms with Gasteiger partial charge in [-0.3, -0.25) is 4.98 Å². The SMILES string of the molecule is Oc1c(C(F)F)ncc(I)c1I. The Balaban J connectivity index is 3.27. The Morgan fingerprint density at radius 1 is 1.42 bits per heavy atom. The highest BCUT2D eigenvalue weighted by molar-refractivity contribution is 14.1. The lowest BCUT2D eigenvalue weighted by molar-refractivity contribution is 0.141. The van der Waals surface area contributed by atoms with Crippen molar-refractivity contribution >= 4 is 45.2 Å². The normalized spacial score (nSPS) is 10.8. The Kier molecular flexibility index (Phi) is 3.44.